The summed E-state index contributed by atoms with van der Waals surface area (Å²) >= 11 is 1.62. The highest BCUT2D eigenvalue weighted by atomic mass is 32.2. The lowest BCUT2D eigenvalue weighted by molar-refractivity contribution is -0.154. The molecule has 3 heterocycles. The molecule has 3 unspecified atom stereocenters. The molecular weight excluding hydrogens is 380 g/mol. The van der Waals surface area contributed by atoms with Crippen LogP contribution in [-0.4, -0.2) is 69.1 Å². The maximum atomic E-state index is 13.4. The molecule has 3 saturated heterocycles. The van der Waals surface area contributed by atoms with Crippen molar-refractivity contribution in [2.24, 2.45) is 11.8 Å². The normalized spacial score (nSPS) is 35.6. The summed E-state index contributed by atoms with van der Waals surface area (Å²) in [6, 6.07) is -1.13. The summed E-state index contributed by atoms with van der Waals surface area (Å²) in [7, 11) is 0. The van der Waals surface area contributed by atoms with E-state index < -0.39 is 28.7 Å². The standard InChI is InChI=1S/C20H32N2O5S/c1-5-7-11(3)21-17(24)16-20-9-8-13(28-20)14(19(26)27-6-2)15(20)18(25)22(16)12(4)10-23/h11-16,23H,5-10H2,1-4H3,(H,21,24)/t11?,12-,13-,14+,15+,16?,20?/m1/s1. The number of hydrogen-bond donors (Lipinski definition) is 2. The number of rotatable bonds is 8. The fraction of sp³-hybridized carbons (Fsp3) is 0.850. The van der Waals surface area contributed by atoms with Gasteiger partial charge in [-0.1, -0.05) is 13.3 Å². The van der Waals surface area contributed by atoms with Gasteiger partial charge in [0.15, 0.2) is 0 Å². The minimum atomic E-state index is -0.666. The fourth-order valence-corrected chi connectivity index (χ4v) is 7.48. The first kappa shape index (κ1) is 21.4. The highest BCUT2D eigenvalue weighted by molar-refractivity contribution is 8.02. The van der Waals surface area contributed by atoms with Gasteiger partial charge < -0.3 is 20.1 Å². The average Bonchev–Trinajstić information content (AvgIpc) is 3.28. The maximum absolute atomic E-state index is 13.4. The van der Waals surface area contributed by atoms with Crippen molar-refractivity contribution in [3.05, 3.63) is 0 Å². The highest BCUT2D eigenvalue weighted by Gasteiger charge is 2.74. The van der Waals surface area contributed by atoms with Gasteiger partial charge in [-0.3, -0.25) is 14.4 Å². The van der Waals surface area contributed by atoms with E-state index in [1.54, 1.807) is 30.5 Å². The third-order valence-electron chi connectivity index (χ3n) is 6.39. The Hall–Kier alpha value is -1.28. The zero-order valence-corrected chi connectivity index (χ0v) is 18.0. The monoisotopic (exact) mass is 412 g/mol. The van der Waals surface area contributed by atoms with Gasteiger partial charge in [0.05, 0.1) is 35.8 Å². The van der Waals surface area contributed by atoms with E-state index in [-0.39, 0.29) is 42.3 Å². The SMILES string of the molecule is CCCC(C)NC(=O)C1N([C@H](C)CO)C(=O)[C@@H]2[C@@H](C(=O)OCC)[C@H]3CCC12S3. The van der Waals surface area contributed by atoms with E-state index in [0.717, 1.165) is 25.7 Å². The number of thioether (sulfide) groups is 1. The quantitative estimate of drug-likeness (QED) is 0.584. The van der Waals surface area contributed by atoms with Crippen LogP contribution in [0.25, 0.3) is 0 Å². The van der Waals surface area contributed by atoms with Gasteiger partial charge in [0, 0.05) is 11.3 Å². The summed E-state index contributed by atoms with van der Waals surface area (Å²) < 4.78 is 4.66. The van der Waals surface area contributed by atoms with Crippen molar-refractivity contribution >= 4 is 29.5 Å². The summed E-state index contributed by atoms with van der Waals surface area (Å²) in [5.74, 6) is -1.77. The lowest BCUT2D eigenvalue weighted by Crippen LogP contribution is -2.57. The number of nitrogens with one attached hydrogen (secondary N) is 1. The van der Waals surface area contributed by atoms with Crippen LogP contribution in [0, 0.1) is 11.8 Å². The number of aliphatic hydroxyl groups excluding tert-OH is 1. The van der Waals surface area contributed by atoms with Crippen LogP contribution in [0.3, 0.4) is 0 Å². The number of fused-ring (bicyclic) bond motifs is 1. The fourth-order valence-electron chi connectivity index (χ4n) is 5.29. The molecule has 0 aromatic rings. The second-order valence-corrected chi connectivity index (χ2v) is 9.88. The van der Waals surface area contributed by atoms with Crippen LogP contribution in [0.1, 0.15) is 53.4 Å². The van der Waals surface area contributed by atoms with Crippen LogP contribution in [-0.2, 0) is 19.1 Å². The van der Waals surface area contributed by atoms with Crippen molar-refractivity contribution < 1.29 is 24.2 Å². The first-order valence-corrected chi connectivity index (χ1v) is 11.3. The van der Waals surface area contributed by atoms with Gasteiger partial charge >= 0.3 is 5.97 Å². The summed E-state index contributed by atoms with van der Waals surface area (Å²) in [6.07, 6.45) is 3.34. The molecule has 3 rings (SSSR count). The van der Waals surface area contributed by atoms with E-state index >= 15 is 0 Å². The lowest BCUT2D eigenvalue weighted by Gasteiger charge is -2.36. The van der Waals surface area contributed by atoms with Crippen LogP contribution in [0.5, 0.6) is 0 Å². The summed E-state index contributed by atoms with van der Waals surface area (Å²) in [5, 5.41) is 12.8. The van der Waals surface area contributed by atoms with E-state index in [2.05, 4.69) is 12.2 Å². The molecular formula is C20H32N2O5S. The molecule has 3 aliphatic heterocycles. The Morgan fingerprint density at radius 3 is 2.71 bits per heavy atom. The first-order chi connectivity index (χ1) is 13.3. The number of nitrogens with zero attached hydrogens (tertiary/aromatic N) is 1. The average molecular weight is 413 g/mol. The Bertz CT molecular complexity index is 644. The minimum absolute atomic E-state index is 0.0128. The van der Waals surface area contributed by atoms with Gasteiger partial charge in [-0.15, -0.1) is 11.8 Å². The number of likely N-dealkylation sites (tertiary alicyclic amines) is 1. The van der Waals surface area contributed by atoms with E-state index in [4.69, 9.17) is 4.74 Å². The highest BCUT2D eigenvalue weighted by Crippen LogP contribution is 2.66. The molecule has 3 fully saturated rings. The molecule has 7 atom stereocenters. The number of carbonyl (C=O) groups is 3. The molecule has 8 heteroatoms. The summed E-state index contributed by atoms with van der Waals surface area (Å²) in [5.41, 5.74) is 0. The van der Waals surface area contributed by atoms with Gasteiger partial charge in [0.2, 0.25) is 11.8 Å². The number of esters is 1. The van der Waals surface area contributed by atoms with Gasteiger partial charge in [0.1, 0.15) is 6.04 Å². The van der Waals surface area contributed by atoms with E-state index in [0.29, 0.717) is 0 Å². The van der Waals surface area contributed by atoms with Crippen LogP contribution in [0.15, 0.2) is 0 Å². The molecule has 0 aromatic heterocycles. The van der Waals surface area contributed by atoms with Gasteiger partial charge in [-0.05, 0) is 40.0 Å². The Morgan fingerprint density at radius 1 is 1.39 bits per heavy atom. The Morgan fingerprint density at radius 2 is 2.11 bits per heavy atom. The molecule has 1 spiro atoms. The smallest absolute Gasteiger partial charge is 0.310 e. The predicted molar refractivity (Wildman–Crippen MR) is 107 cm³/mol. The van der Waals surface area contributed by atoms with E-state index in [1.165, 1.54) is 0 Å². The van der Waals surface area contributed by atoms with Crippen LogP contribution < -0.4 is 5.32 Å². The Labute approximate surface area is 170 Å². The largest absolute Gasteiger partial charge is 0.466 e. The second-order valence-electron chi connectivity index (χ2n) is 8.28. The summed E-state index contributed by atoms with van der Waals surface area (Å²) in [4.78, 5) is 40.9. The van der Waals surface area contributed by atoms with E-state index in [9.17, 15) is 19.5 Å². The third kappa shape index (κ3) is 3.22. The van der Waals surface area contributed by atoms with Crippen LogP contribution in [0.4, 0.5) is 0 Å². The molecule has 158 valence electrons. The molecule has 2 N–H and O–H groups in total. The number of aliphatic hydroxyl groups is 1. The van der Waals surface area contributed by atoms with Gasteiger partial charge in [0.25, 0.3) is 0 Å². The summed E-state index contributed by atoms with van der Waals surface area (Å²) in [6.45, 7) is 7.59. The van der Waals surface area contributed by atoms with Crippen molar-refractivity contribution in [1.29, 1.82) is 0 Å². The van der Waals surface area contributed by atoms with Gasteiger partial charge in [-0.25, -0.2) is 0 Å². The number of carbonyl (C=O) groups excluding carboxylic acids is 3. The zero-order chi connectivity index (χ0) is 20.6. The molecule has 0 radical (unpaired) electrons. The molecule has 0 aliphatic carbocycles. The van der Waals surface area contributed by atoms with Crippen molar-refractivity contribution in [3.8, 4) is 0 Å². The molecule has 0 saturated carbocycles. The van der Waals surface area contributed by atoms with Crippen LogP contribution in [0.2, 0.25) is 0 Å². The molecule has 2 bridgehead atoms. The first-order valence-electron chi connectivity index (χ1n) is 10.4. The maximum Gasteiger partial charge on any atom is 0.310 e. The molecule has 0 aromatic carbocycles. The number of hydrogen-bond acceptors (Lipinski definition) is 6. The second kappa shape index (κ2) is 8.22. The Balaban J connectivity index is 1.96. The molecule has 3 aliphatic rings. The molecule has 2 amide bonds. The number of ether oxygens (including phenoxy) is 1. The topological polar surface area (TPSA) is 95.9 Å². The van der Waals surface area contributed by atoms with E-state index in [1.807, 2.05) is 6.92 Å². The van der Waals surface area contributed by atoms with Crippen molar-refractivity contribution in [1.82, 2.24) is 10.2 Å². The molecule has 7 nitrogen and oxygen atoms in total. The van der Waals surface area contributed by atoms with Gasteiger partial charge in [-0.2, -0.15) is 0 Å². The van der Waals surface area contributed by atoms with Crippen LogP contribution >= 0.6 is 11.8 Å². The van der Waals surface area contributed by atoms with Crippen molar-refractivity contribution in [2.75, 3.05) is 13.2 Å². The third-order valence-corrected chi connectivity index (χ3v) is 8.35. The number of amides is 2. The minimum Gasteiger partial charge on any atom is -0.466 e. The Kier molecular flexibility index (Phi) is 6.29. The van der Waals surface area contributed by atoms with Crippen molar-refractivity contribution in [3.63, 3.8) is 0 Å². The molecule has 28 heavy (non-hydrogen) atoms. The lowest BCUT2D eigenvalue weighted by atomic mass is 9.71. The van der Waals surface area contributed by atoms with Crippen molar-refractivity contribution in [2.45, 2.75) is 81.5 Å². The predicted octanol–water partition coefficient (Wildman–Crippen LogP) is 1.33. The zero-order valence-electron chi connectivity index (χ0n) is 17.1.